The Morgan fingerprint density at radius 3 is 2.56 bits per heavy atom. The van der Waals surface area contributed by atoms with Gasteiger partial charge in [-0.2, -0.15) is 0 Å². The number of nitrogens with zero attached hydrogens (tertiary/aromatic N) is 2. The smallest absolute Gasteiger partial charge is 0.129 e. The van der Waals surface area contributed by atoms with E-state index < -0.39 is 0 Å². The quantitative estimate of drug-likeness (QED) is 0.901. The van der Waals surface area contributed by atoms with Crippen molar-refractivity contribution in [1.29, 1.82) is 0 Å². The van der Waals surface area contributed by atoms with Crippen LogP contribution in [0.1, 0.15) is 28.6 Å². The molecule has 0 spiro atoms. The maximum Gasteiger partial charge on any atom is 0.129 e. The Labute approximate surface area is 107 Å². The van der Waals surface area contributed by atoms with Gasteiger partial charge in [0.15, 0.2) is 0 Å². The molecule has 2 N–H and O–H groups in total. The van der Waals surface area contributed by atoms with Crippen LogP contribution in [-0.4, -0.2) is 16.7 Å². The molecule has 0 bridgehead atoms. The number of ether oxygens (including phenoxy) is 1. The molecule has 96 valence electrons. The highest BCUT2D eigenvalue weighted by molar-refractivity contribution is 5.44. The van der Waals surface area contributed by atoms with Gasteiger partial charge in [-0.25, -0.2) is 4.98 Å². The van der Waals surface area contributed by atoms with E-state index >= 15 is 0 Å². The topological polar surface area (TPSA) is 53.1 Å². The maximum atomic E-state index is 6.30. The Balaban J connectivity index is 2.46. The zero-order valence-electron chi connectivity index (χ0n) is 11.3. The number of aromatic nitrogens is 2. The van der Waals surface area contributed by atoms with E-state index in [9.17, 15) is 0 Å². The van der Waals surface area contributed by atoms with E-state index in [4.69, 9.17) is 10.5 Å². The van der Waals surface area contributed by atoms with Gasteiger partial charge in [0.2, 0.25) is 0 Å². The van der Waals surface area contributed by atoms with Gasteiger partial charge in [-0.05, 0) is 36.6 Å². The molecule has 2 aromatic rings. The number of benzene rings is 1. The van der Waals surface area contributed by atoms with E-state index in [-0.39, 0.29) is 6.04 Å². The van der Waals surface area contributed by atoms with Crippen molar-refractivity contribution in [2.75, 3.05) is 7.11 Å². The molecule has 1 aromatic carbocycles. The number of nitrogens with two attached hydrogens (primary N) is 1. The van der Waals surface area contributed by atoms with E-state index in [0.717, 1.165) is 28.3 Å². The average Bonchev–Trinajstić information content (AvgIpc) is 2.77. The van der Waals surface area contributed by atoms with Crippen molar-refractivity contribution in [3.05, 3.63) is 47.0 Å². The number of hydrogen-bond donors (Lipinski definition) is 1. The van der Waals surface area contributed by atoms with E-state index in [2.05, 4.69) is 11.1 Å². The van der Waals surface area contributed by atoms with Gasteiger partial charge in [0.1, 0.15) is 11.6 Å². The summed E-state index contributed by atoms with van der Waals surface area (Å²) < 4.78 is 7.26. The monoisotopic (exact) mass is 245 g/mol. The van der Waals surface area contributed by atoms with Crippen molar-refractivity contribution in [3.63, 3.8) is 0 Å². The molecule has 0 saturated carbocycles. The standard InChI is InChI=1S/C14H19N3O/c1-9-8-12(18-4)10(2)7-11(9)13(15)14-16-5-6-17(14)3/h5-8,13H,15H2,1-4H3. The number of methoxy groups -OCH3 is 1. The van der Waals surface area contributed by atoms with Crippen LogP contribution in [-0.2, 0) is 7.05 Å². The predicted molar refractivity (Wildman–Crippen MR) is 71.7 cm³/mol. The summed E-state index contributed by atoms with van der Waals surface area (Å²) in [5.74, 6) is 1.76. The highest BCUT2D eigenvalue weighted by atomic mass is 16.5. The Morgan fingerprint density at radius 2 is 2.00 bits per heavy atom. The zero-order valence-corrected chi connectivity index (χ0v) is 11.3. The van der Waals surface area contributed by atoms with Gasteiger partial charge in [0, 0.05) is 19.4 Å². The summed E-state index contributed by atoms with van der Waals surface area (Å²) in [6, 6.07) is 3.88. The van der Waals surface area contributed by atoms with Gasteiger partial charge in [-0.3, -0.25) is 0 Å². The molecule has 0 aliphatic rings. The Hall–Kier alpha value is -1.81. The Kier molecular flexibility index (Phi) is 3.39. The van der Waals surface area contributed by atoms with Gasteiger partial charge in [-0.1, -0.05) is 6.07 Å². The second kappa shape index (κ2) is 4.82. The molecule has 0 fully saturated rings. The van der Waals surface area contributed by atoms with Crippen molar-refractivity contribution < 1.29 is 4.74 Å². The second-order valence-corrected chi connectivity index (χ2v) is 4.55. The Bertz CT molecular complexity index is 560. The lowest BCUT2D eigenvalue weighted by atomic mass is 9.98. The SMILES string of the molecule is COc1cc(C)c(C(N)c2nccn2C)cc1C. The van der Waals surface area contributed by atoms with Gasteiger partial charge in [0.25, 0.3) is 0 Å². The predicted octanol–water partition coefficient (Wildman–Crippen LogP) is 2.09. The molecule has 2 rings (SSSR count). The van der Waals surface area contributed by atoms with Gasteiger partial charge in [0.05, 0.1) is 13.2 Å². The molecule has 4 nitrogen and oxygen atoms in total. The zero-order chi connectivity index (χ0) is 13.3. The molecule has 1 unspecified atom stereocenters. The Morgan fingerprint density at radius 1 is 1.28 bits per heavy atom. The highest BCUT2D eigenvalue weighted by Crippen LogP contribution is 2.28. The van der Waals surface area contributed by atoms with Gasteiger partial charge in [-0.15, -0.1) is 0 Å². The van der Waals surface area contributed by atoms with Crippen molar-refractivity contribution >= 4 is 0 Å². The van der Waals surface area contributed by atoms with E-state index in [1.165, 1.54) is 0 Å². The molecule has 0 radical (unpaired) electrons. The number of aryl methyl sites for hydroxylation is 3. The molecule has 4 heteroatoms. The largest absolute Gasteiger partial charge is 0.496 e. The summed E-state index contributed by atoms with van der Waals surface area (Å²) in [5, 5.41) is 0. The average molecular weight is 245 g/mol. The first-order chi connectivity index (χ1) is 8.54. The molecule has 18 heavy (non-hydrogen) atoms. The number of hydrogen-bond acceptors (Lipinski definition) is 3. The van der Waals surface area contributed by atoms with Crippen LogP contribution < -0.4 is 10.5 Å². The minimum absolute atomic E-state index is 0.213. The fourth-order valence-electron chi connectivity index (χ4n) is 2.18. The van der Waals surface area contributed by atoms with Crippen LogP contribution in [0.15, 0.2) is 24.5 Å². The van der Waals surface area contributed by atoms with Gasteiger partial charge < -0.3 is 15.0 Å². The molecule has 0 aliphatic carbocycles. The van der Waals surface area contributed by atoms with Crippen LogP contribution in [0.4, 0.5) is 0 Å². The third-order valence-corrected chi connectivity index (χ3v) is 3.26. The summed E-state index contributed by atoms with van der Waals surface area (Å²) >= 11 is 0. The van der Waals surface area contributed by atoms with Crippen LogP contribution in [0, 0.1) is 13.8 Å². The van der Waals surface area contributed by atoms with E-state index in [0.29, 0.717) is 0 Å². The summed E-state index contributed by atoms with van der Waals surface area (Å²) in [7, 11) is 3.63. The molecule has 1 atom stereocenters. The fraction of sp³-hybridized carbons (Fsp3) is 0.357. The van der Waals surface area contributed by atoms with Crippen molar-refractivity contribution in [2.45, 2.75) is 19.9 Å². The van der Waals surface area contributed by atoms with Crippen LogP contribution in [0.3, 0.4) is 0 Å². The lowest BCUT2D eigenvalue weighted by molar-refractivity contribution is 0.411. The first-order valence-corrected chi connectivity index (χ1v) is 5.92. The third-order valence-electron chi connectivity index (χ3n) is 3.26. The normalized spacial score (nSPS) is 12.5. The van der Waals surface area contributed by atoms with Crippen LogP contribution >= 0.6 is 0 Å². The summed E-state index contributed by atoms with van der Waals surface area (Å²) in [4.78, 5) is 4.31. The van der Waals surface area contributed by atoms with E-state index in [1.807, 2.05) is 37.7 Å². The number of rotatable bonds is 3. The minimum Gasteiger partial charge on any atom is -0.496 e. The molecule has 1 heterocycles. The lowest BCUT2D eigenvalue weighted by Crippen LogP contribution is -2.18. The van der Waals surface area contributed by atoms with Gasteiger partial charge >= 0.3 is 0 Å². The third kappa shape index (κ3) is 2.11. The molecule has 0 aliphatic heterocycles. The minimum atomic E-state index is -0.213. The molecule has 1 aromatic heterocycles. The maximum absolute atomic E-state index is 6.30. The second-order valence-electron chi connectivity index (χ2n) is 4.55. The molecular weight excluding hydrogens is 226 g/mol. The molecule has 0 saturated heterocycles. The summed E-state index contributed by atoms with van der Waals surface area (Å²) in [6.07, 6.45) is 3.67. The molecular formula is C14H19N3O. The summed E-state index contributed by atoms with van der Waals surface area (Å²) in [5.41, 5.74) is 9.59. The van der Waals surface area contributed by atoms with Crippen molar-refractivity contribution in [1.82, 2.24) is 9.55 Å². The fourth-order valence-corrected chi connectivity index (χ4v) is 2.18. The lowest BCUT2D eigenvalue weighted by Gasteiger charge is -2.17. The van der Waals surface area contributed by atoms with Crippen LogP contribution in [0.5, 0.6) is 5.75 Å². The first kappa shape index (κ1) is 12.6. The highest BCUT2D eigenvalue weighted by Gasteiger charge is 2.17. The van der Waals surface area contributed by atoms with E-state index in [1.54, 1.807) is 13.3 Å². The van der Waals surface area contributed by atoms with Crippen molar-refractivity contribution in [3.8, 4) is 5.75 Å². The number of imidazole rings is 1. The van der Waals surface area contributed by atoms with Crippen LogP contribution in [0.2, 0.25) is 0 Å². The van der Waals surface area contributed by atoms with Crippen LogP contribution in [0.25, 0.3) is 0 Å². The molecule has 0 amide bonds. The first-order valence-electron chi connectivity index (χ1n) is 5.92. The summed E-state index contributed by atoms with van der Waals surface area (Å²) in [6.45, 7) is 4.06. The van der Waals surface area contributed by atoms with Crippen molar-refractivity contribution in [2.24, 2.45) is 12.8 Å².